The summed E-state index contributed by atoms with van der Waals surface area (Å²) in [6.07, 6.45) is 0. The first-order valence-corrected chi connectivity index (χ1v) is 8.80. The molecule has 0 aromatic heterocycles. The second-order valence-electron chi connectivity index (χ2n) is 4.04. The van der Waals surface area contributed by atoms with Gasteiger partial charge >= 0.3 is 7.52 Å². The van der Waals surface area contributed by atoms with Crippen LogP contribution in [0.4, 0.5) is 0 Å². The maximum atomic E-state index is 12.3. The predicted molar refractivity (Wildman–Crippen MR) is 76.3 cm³/mol. The van der Waals surface area contributed by atoms with Crippen molar-refractivity contribution in [3.8, 4) is 5.75 Å². The van der Waals surface area contributed by atoms with Crippen LogP contribution >= 0.6 is 7.52 Å². The number of rotatable bonds is 4. The lowest BCUT2D eigenvalue weighted by atomic mass is 10.3. The molecule has 0 spiro atoms. The molecule has 0 fully saturated rings. The number of nitrogens with two attached hydrogens (primary N) is 2. The van der Waals surface area contributed by atoms with E-state index < -0.39 is 17.5 Å². The van der Waals surface area contributed by atoms with E-state index in [1.165, 1.54) is 24.3 Å². The van der Waals surface area contributed by atoms with Crippen molar-refractivity contribution < 1.29 is 17.5 Å². The molecule has 2 aromatic carbocycles. The van der Waals surface area contributed by atoms with Crippen molar-refractivity contribution in [3.63, 3.8) is 0 Å². The van der Waals surface area contributed by atoms with Crippen LogP contribution in [0.15, 0.2) is 59.5 Å². The molecule has 8 heteroatoms. The standard InChI is InChI=1S/C12H13N2O4PS/c13-19(15,11-4-2-1-3-5-11)18-10-6-8-12(9-7-10)20(14,16)17/h1-9H,(H2,13,15)(H2,14,16,17). The molecule has 1 unspecified atom stereocenters. The Labute approximate surface area is 116 Å². The molecule has 0 heterocycles. The van der Waals surface area contributed by atoms with Crippen LogP contribution in [0, 0.1) is 0 Å². The highest BCUT2D eigenvalue weighted by molar-refractivity contribution is 7.89. The first-order valence-electron chi connectivity index (χ1n) is 5.56. The molecule has 0 bridgehead atoms. The molecule has 0 amide bonds. The van der Waals surface area contributed by atoms with Gasteiger partial charge in [-0.05, 0) is 36.4 Å². The van der Waals surface area contributed by atoms with Crippen molar-refractivity contribution in [1.82, 2.24) is 0 Å². The molecule has 2 rings (SSSR count). The lowest BCUT2D eigenvalue weighted by Crippen LogP contribution is -2.16. The first-order chi connectivity index (χ1) is 9.29. The fraction of sp³-hybridized carbons (Fsp3) is 0. The van der Waals surface area contributed by atoms with Crippen LogP contribution in [0.5, 0.6) is 5.75 Å². The van der Waals surface area contributed by atoms with Crippen LogP contribution in [-0.4, -0.2) is 8.42 Å². The van der Waals surface area contributed by atoms with Crippen molar-refractivity contribution in [2.24, 2.45) is 10.6 Å². The van der Waals surface area contributed by atoms with E-state index in [4.69, 9.17) is 15.2 Å². The van der Waals surface area contributed by atoms with E-state index >= 15 is 0 Å². The van der Waals surface area contributed by atoms with E-state index in [9.17, 15) is 13.0 Å². The number of hydrogen-bond donors (Lipinski definition) is 2. The van der Waals surface area contributed by atoms with E-state index in [1.54, 1.807) is 30.3 Å². The minimum atomic E-state index is -3.77. The Hall–Kier alpha value is -1.66. The number of hydrogen-bond acceptors (Lipinski definition) is 4. The molecule has 20 heavy (non-hydrogen) atoms. The van der Waals surface area contributed by atoms with Crippen LogP contribution in [0.25, 0.3) is 0 Å². The van der Waals surface area contributed by atoms with Gasteiger partial charge in [-0.3, -0.25) is 4.57 Å². The Morgan fingerprint density at radius 2 is 1.50 bits per heavy atom. The molecule has 1 atom stereocenters. The minimum absolute atomic E-state index is 0.0589. The van der Waals surface area contributed by atoms with Gasteiger partial charge in [0, 0.05) is 0 Å². The van der Waals surface area contributed by atoms with Crippen molar-refractivity contribution in [2.75, 3.05) is 0 Å². The highest BCUT2D eigenvalue weighted by Crippen LogP contribution is 2.37. The molecule has 0 saturated heterocycles. The van der Waals surface area contributed by atoms with Gasteiger partial charge in [0.25, 0.3) is 0 Å². The molecule has 2 aromatic rings. The molecule has 0 aliphatic heterocycles. The van der Waals surface area contributed by atoms with Gasteiger partial charge < -0.3 is 4.52 Å². The van der Waals surface area contributed by atoms with Gasteiger partial charge in [-0.15, -0.1) is 0 Å². The number of sulfonamides is 1. The summed E-state index contributed by atoms with van der Waals surface area (Å²) in [5, 5.41) is 5.35. The summed E-state index contributed by atoms with van der Waals surface area (Å²) < 4.78 is 39.7. The van der Waals surface area contributed by atoms with E-state index in [-0.39, 0.29) is 10.6 Å². The summed E-state index contributed by atoms with van der Waals surface area (Å²) in [4.78, 5) is -0.0589. The Bertz CT molecular complexity index is 745. The predicted octanol–water partition coefficient (Wildman–Crippen LogP) is 1.19. The third kappa shape index (κ3) is 3.46. The van der Waals surface area contributed by atoms with E-state index in [2.05, 4.69) is 0 Å². The van der Waals surface area contributed by atoms with Crippen LogP contribution in [0.2, 0.25) is 0 Å². The van der Waals surface area contributed by atoms with Gasteiger partial charge in [0.05, 0.1) is 10.2 Å². The smallest absolute Gasteiger partial charge is 0.344 e. The monoisotopic (exact) mass is 312 g/mol. The quantitative estimate of drug-likeness (QED) is 0.823. The number of benzene rings is 2. The Morgan fingerprint density at radius 1 is 0.950 bits per heavy atom. The van der Waals surface area contributed by atoms with Gasteiger partial charge in [0.1, 0.15) is 5.75 Å². The van der Waals surface area contributed by atoms with E-state index in [1.807, 2.05) is 0 Å². The van der Waals surface area contributed by atoms with Crippen LogP contribution in [-0.2, 0) is 14.6 Å². The number of primary sulfonamides is 1. The van der Waals surface area contributed by atoms with Crippen molar-refractivity contribution >= 4 is 22.8 Å². The third-order valence-electron chi connectivity index (χ3n) is 2.51. The average Bonchev–Trinajstić information content (AvgIpc) is 2.39. The highest BCUT2D eigenvalue weighted by atomic mass is 32.2. The molecule has 0 saturated carbocycles. The van der Waals surface area contributed by atoms with Crippen molar-refractivity contribution in [1.29, 1.82) is 0 Å². The van der Waals surface area contributed by atoms with Gasteiger partial charge in [-0.1, -0.05) is 18.2 Å². The Balaban J connectivity index is 2.25. The molecule has 0 radical (unpaired) electrons. The lowest BCUT2D eigenvalue weighted by molar-refractivity contribution is 0.493. The molecule has 106 valence electrons. The lowest BCUT2D eigenvalue weighted by Gasteiger charge is -2.14. The summed E-state index contributed by atoms with van der Waals surface area (Å²) in [5.41, 5.74) is 5.68. The highest BCUT2D eigenvalue weighted by Gasteiger charge is 2.21. The van der Waals surface area contributed by atoms with Gasteiger partial charge in [-0.2, -0.15) is 0 Å². The summed E-state index contributed by atoms with van der Waals surface area (Å²) in [5.74, 6) is 0.201. The molecule has 0 aliphatic carbocycles. The molecule has 6 nitrogen and oxygen atoms in total. The largest absolute Gasteiger partial charge is 0.430 e. The zero-order chi connectivity index (χ0) is 14.8. The topological polar surface area (TPSA) is 112 Å². The second-order valence-corrected chi connectivity index (χ2v) is 7.49. The van der Waals surface area contributed by atoms with Gasteiger partial charge in [0.2, 0.25) is 10.0 Å². The summed E-state index contributed by atoms with van der Waals surface area (Å²) in [6.45, 7) is 0. The van der Waals surface area contributed by atoms with Crippen LogP contribution < -0.4 is 20.5 Å². The molecular weight excluding hydrogens is 299 g/mol. The van der Waals surface area contributed by atoms with Crippen molar-refractivity contribution in [2.45, 2.75) is 4.90 Å². The minimum Gasteiger partial charge on any atom is -0.430 e. The maximum absolute atomic E-state index is 12.3. The van der Waals surface area contributed by atoms with E-state index in [0.29, 0.717) is 5.30 Å². The average molecular weight is 312 g/mol. The first kappa shape index (κ1) is 14.7. The summed E-state index contributed by atoms with van der Waals surface area (Å²) >= 11 is 0. The Morgan fingerprint density at radius 3 is 2.00 bits per heavy atom. The maximum Gasteiger partial charge on any atom is 0.344 e. The zero-order valence-electron chi connectivity index (χ0n) is 10.3. The van der Waals surface area contributed by atoms with Crippen molar-refractivity contribution in [3.05, 3.63) is 54.6 Å². The summed E-state index contributed by atoms with van der Waals surface area (Å²) in [6, 6.07) is 13.6. The second kappa shape index (κ2) is 5.38. The molecular formula is C12H13N2O4PS. The molecule has 0 aliphatic rings. The fourth-order valence-corrected chi connectivity index (χ4v) is 3.18. The molecule has 4 N–H and O–H groups in total. The fourth-order valence-electron chi connectivity index (χ4n) is 1.54. The normalized spacial score (nSPS) is 14.5. The van der Waals surface area contributed by atoms with Gasteiger partial charge in [0.15, 0.2) is 0 Å². The zero-order valence-corrected chi connectivity index (χ0v) is 12.1. The third-order valence-corrected chi connectivity index (χ3v) is 4.94. The van der Waals surface area contributed by atoms with Gasteiger partial charge in [-0.25, -0.2) is 19.1 Å². The SMILES string of the molecule is NP(=O)(Oc1ccc(S(N)(=O)=O)cc1)c1ccccc1. The Kier molecular flexibility index (Phi) is 3.96. The van der Waals surface area contributed by atoms with Crippen LogP contribution in [0.1, 0.15) is 0 Å². The van der Waals surface area contributed by atoms with Crippen LogP contribution in [0.3, 0.4) is 0 Å². The summed E-state index contributed by atoms with van der Waals surface area (Å²) in [7, 11) is -7.27. The van der Waals surface area contributed by atoms with E-state index in [0.717, 1.165) is 0 Å².